The molecular weight excluding hydrogens is 416 g/mol. The summed E-state index contributed by atoms with van der Waals surface area (Å²) >= 11 is 0. The van der Waals surface area contributed by atoms with Crippen molar-refractivity contribution < 1.29 is 28.2 Å². The van der Waals surface area contributed by atoms with Crippen molar-refractivity contribution in [1.29, 1.82) is 0 Å². The topological polar surface area (TPSA) is 66.8 Å². The predicted molar refractivity (Wildman–Crippen MR) is 112 cm³/mol. The van der Waals surface area contributed by atoms with Gasteiger partial charge in [0.05, 0.1) is 6.54 Å². The van der Waals surface area contributed by atoms with Gasteiger partial charge in [-0.15, -0.1) is 0 Å². The Morgan fingerprint density at radius 2 is 1.59 bits per heavy atom. The number of halogens is 2. The number of carboxylic acids is 1. The Bertz CT molecular complexity index is 1200. The first-order chi connectivity index (χ1) is 15.5. The van der Waals surface area contributed by atoms with E-state index >= 15 is 0 Å². The molecule has 1 unspecified atom stereocenters. The first kappa shape index (κ1) is 20.2. The van der Waals surface area contributed by atoms with Gasteiger partial charge in [0.1, 0.15) is 12.6 Å². The molecule has 0 bridgehead atoms. The zero-order chi connectivity index (χ0) is 22.4. The maximum Gasteiger partial charge on any atom is 0.410 e. The molecule has 0 radical (unpaired) electrons. The first-order valence-electron chi connectivity index (χ1n) is 10.3. The average Bonchev–Trinajstić information content (AvgIpc) is 3.13. The van der Waals surface area contributed by atoms with Crippen LogP contribution in [0.1, 0.15) is 28.2 Å². The summed E-state index contributed by atoms with van der Waals surface area (Å²) < 4.78 is 33.4. The lowest BCUT2D eigenvalue weighted by atomic mass is 9.93. The van der Waals surface area contributed by atoms with Gasteiger partial charge >= 0.3 is 12.1 Å². The summed E-state index contributed by atoms with van der Waals surface area (Å²) in [5.74, 6) is -3.57. The lowest BCUT2D eigenvalue weighted by Gasteiger charge is -2.34. The summed E-state index contributed by atoms with van der Waals surface area (Å²) in [5, 5.41) is 9.62. The van der Waals surface area contributed by atoms with Crippen LogP contribution in [0.25, 0.3) is 11.1 Å². The van der Waals surface area contributed by atoms with Crippen molar-refractivity contribution in [1.82, 2.24) is 4.90 Å². The molecule has 1 aliphatic heterocycles. The molecule has 0 aromatic heterocycles. The molecule has 3 aromatic rings. The van der Waals surface area contributed by atoms with Crippen LogP contribution in [0.15, 0.2) is 60.7 Å². The molecule has 0 fully saturated rings. The smallest absolute Gasteiger partial charge is 0.410 e. The van der Waals surface area contributed by atoms with Crippen LogP contribution in [0.5, 0.6) is 0 Å². The summed E-state index contributed by atoms with van der Waals surface area (Å²) in [4.78, 5) is 25.8. The minimum atomic E-state index is -1.34. The summed E-state index contributed by atoms with van der Waals surface area (Å²) in [6, 6.07) is 16.8. The van der Waals surface area contributed by atoms with Gasteiger partial charge in [0.15, 0.2) is 11.6 Å². The monoisotopic (exact) mass is 435 g/mol. The molecule has 7 heteroatoms. The third-order valence-electron chi connectivity index (χ3n) is 6.26. The number of carbonyl (C=O) groups is 2. The van der Waals surface area contributed by atoms with Crippen LogP contribution in [0, 0.1) is 11.6 Å². The molecule has 1 amide bonds. The van der Waals surface area contributed by atoms with Crippen LogP contribution >= 0.6 is 0 Å². The third kappa shape index (κ3) is 3.21. The molecule has 2 aliphatic rings. The summed E-state index contributed by atoms with van der Waals surface area (Å²) in [6.45, 7) is -0.124. The first-order valence-corrected chi connectivity index (χ1v) is 10.3. The van der Waals surface area contributed by atoms with E-state index in [9.17, 15) is 23.5 Å². The Balaban J connectivity index is 1.39. The molecule has 1 N–H and O–H groups in total. The number of carboxylic acid groups (broad SMARTS) is 1. The van der Waals surface area contributed by atoms with E-state index in [1.807, 2.05) is 48.5 Å². The van der Waals surface area contributed by atoms with Crippen LogP contribution in [0.3, 0.4) is 0 Å². The van der Waals surface area contributed by atoms with Crippen molar-refractivity contribution in [2.45, 2.75) is 24.9 Å². The highest BCUT2D eigenvalue weighted by molar-refractivity contribution is 5.82. The summed E-state index contributed by atoms with van der Waals surface area (Å²) in [5.41, 5.74) is 4.60. The van der Waals surface area contributed by atoms with E-state index in [-0.39, 0.29) is 31.1 Å². The van der Waals surface area contributed by atoms with Gasteiger partial charge in [-0.05, 0) is 39.4 Å². The average molecular weight is 435 g/mol. The van der Waals surface area contributed by atoms with E-state index in [1.54, 1.807) is 0 Å². The standard InChI is InChI=1S/C25H19F2NO4/c26-21-10-9-14-12-28(22(24(29)30)11-19(14)23(21)27)25(31)32-13-20-17-7-3-1-5-15(17)16-6-2-4-8-18(16)20/h1-10,20,22H,11-13H2,(H,29,30). The van der Waals surface area contributed by atoms with Gasteiger partial charge in [0, 0.05) is 12.3 Å². The number of carbonyl (C=O) groups excluding carboxylic acids is 1. The van der Waals surface area contributed by atoms with Crippen molar-refractivity contribution in [2.24, 2.45) is 0 Å². The van der Waals surface area contributed by atoms with Gasteiger partial charge in [0.2, 0.25) is 0 Å². The molecule has 162 valence electrons. The molecule has 3 aromatic carbocycles. The Kier molecular flexibility index (Phi) is 4.89. The number of hydrogen-bond acceptors (Lipinski definition) is 3. The highest BCUT2D eigenvalue weighted by atomic mass is 19.2. The van der Waals surface area contributed by atoms with E-state index in [1.165, 1.54) is 6.07 Å². The lowest BCUT2D eigenvalue weighted by Crippen LogP contribution is -2.49. The highest BCUT2D eigenvalue weighted by Gasteiger charge is 2.38. The summed E-state index contributed by atoms with van der Waals surface area (Å²) in [6.07, 6.45) is -1.12. The van der Waals surface area contributed by atoms with Crippen LogP contribution in [-0.4, -0.2) is 34.7 Å². The number of nitrogens with zero attached hydrogens (tertiary/aromatic N) is 1. The van der Waals surface area contributed by atoms with Crippen LogP contribution < -0.4 is 0 Å². The molecule has 0 saturated heterocycles. The van der Waals surface area contributed by atoms with E-state index < -0.39 is 29.7 Å². The number of ether oxygens (including phenoxy) is 1. The van der Waals surface area contributed by atoms with E-state index in [2.05, 4.69) is 0 Å². The fourth-order valence-corrected chi connectivity index (χ4v) is 4.69. The number of aliphatic carboxylic acids is 1. The van der Waals surface area contributed by atoms with Crippen molar-refractivity contribution in [2.75, 3.05) is 6.61 Å². The largest absolute Gasteiger partial charge is 0.480 e. The normalized spacial score (nSPS) is 16.8. The Morgan fingerprint density at radius 1 is 0.969 bits per heavy atom. The molecule has 1 aliphatic carbocycles. The van der Waals surface area contributed by atoms with Crippen molar-refractivity contribution >= 4 is 12.1 Å². The van der Waals surface area contributed by atoms with Crippen LogP contribution in [0.2, 0.25) is 0 Å². The molecule has 0 spiro atoms. The maximum atomic E-state index is 14.2. The second-order valence-electron chi connectivity index (χ2n) is 7.99. The SMILES string of the molecule is O=C(O)C1Cc2c(ccc(F)c2F)CN1C(=O)OCC1c2ccccc2-c2ccccc21. The van der Waals surface area contributed by atoms with Crippen molar-refractivity contribution in [3.63, 3.8) is 0 Å². The Hall–Kier alpha value is -3.74. The van der Waals surface area contributed by atoms with E-state index in [4.69, 9.17) is 4.74 Å². The lowest BCUT2D eigenvalue weighted by molar-refractivity contribution is -0.143. The number of rotatable bonds is 3. The maximum absolute atomic E-state index is 14.2. The molecule has 5 rings (SSSR count). The van der Waals surface area contributed by atoms with Crippen LogP contribution in [0.4, 0.5) is 13.6 Å². The highest BCUT2D eigenvalue weighted by Crippen LogP contribution is 2.44. The van der Waals surface area contributed by atoms with Crippen LogP contribution in [-0.2, 0) is 22.5 Å². The van der Waals surface area contributed by atoms with Gasteiger partial charge in [-0.2, -0.15) is 0 Å². The minimum Gasteiger partial charge on any atom is -0.480 e. The summed E-state index contributed by atoms with van der Waals surface area (Å²) in [7, 11) is 0. The fraction of sp³-hybridized carbons (Fsp3) is 0.200. The molecule has 32 heavy (non-hydrogen) atoms. The van der Waals surface area contributed by atoms with Gasteiger partial charge in [0.25, 0.3) is 0 Å². The second kappa shape index (κ2) is 7.75. The minimum absolute atomic E-state index is 0.0138. The zero-order valence-corrected chi connectivity index (χ0v) is 16.9. The predicted octanol–water partition coefficient (Wildman–Crippen LogP) is 4.73. The molecule has 5 nitrogen and oxygen atoms in total. The molecule has 1 heterocycles. The molecule has 1 atom stereocenters. The third-order valence-corrected chi connectivity index (χ3v) is 6.26. The number of benzene rings is 3. The van der Waals surface area contributed by atoms with Gasteiger partial charge in [-0.1, -0.05) is 54.6 Å². The van der Waals surface area contributed by atoms with Gasteiger partial charge in [-0.25, -0.2) is 18.4 Å². The second-order valence-corrected chi connectivity index (χ2v) is 7.99. The van der Waals surface area contributed by atoms with Gasteiger partial charge < -0.3 is 9.84 Å². The fourth-order valence-electron chi connectivity index (χ4n) is 4.69. The van der Waals surface area contributed by atoms with Crippen molar-refractivity contribution in [3.8, 4) is 11.1 Å². The van der Waals surface area contributed by atoms with E-state index in [0.29, 0.717) is 5.56 Å². The van der Waals surface area contributed by atoms with Crippen molar-refractivity contribution in [3.05, 3.63) is 94.6 Å². The number of fused-ring (bicyclic) bond motifs is 4. The van der Waals surface area contributed by atoms with Gasteiger partial charge in [-0.3, -0.25) is 4.90 Å². The van der Waals surface area contributed by atoms with E-state index in [0.717, 1.165) is 33.2 Å². The number of amides is 1. The Morgan fingerprint density at radius 3 is 2.22 bits per heavy atom. The number of hydrogen-bond donors (Lipinski definition) is 1. The molecule has 0 saturated carbocycles. The molecular formula is C25H19F2NO4. The Labute approximate surface area is 182 Å². The zero-order valence-electron chi connectivity index (χ0n) is 16.9. The quantitative estimate of drug-likeness (QED) is 0.646.